The Balaban J connectivity index is 1.80. The molecule has 1 aromatic heterocycles. The van der Waals surface area contributed by atoms with Crippen molar-refractivity contribution in [2.24, 2.45) is 0 Å². The van der Waals surface area contributed by atoms with Gasteiger partial charge in [0.25, 0.3) is 0 Å². The molecule has 0 amide bonds. The first-order valence-electron chi connectivity index (χ1n) is 9.24. The van der Waals surface area contributed by atoms with Crippen molar-refractivity contribution < 1.29 is 4.74 Å². The molecule has 0 N–H and O–H groups in total. The van der Waals surface area contributed by atoms with Crippen molar-refractivity contribution in [2.45, 2.75) is 44.3 Å². The third kappa shape index (κ3) is 5.16. The van der Waals surface area contributed by atoms with Crippen LogP contribution in [-0.4, -0.2) is 14.8 Å². The fourth-order valence-corrected chi connectivity index (χ4v) is 4.35. The molecule has 29 heavy (non-hydrogen) atoms. The van der Waals surface area contributed by atoms with E-state index < -0.39 is 0 Å². The standard InChI is InChI=1S/C22H23Cl2N3OS/c1-5-10-27-21(16(4)28-18-11-14(2)20(24)15(3)12-18)25-26-22(27)29-13-17-8-6-7-9-19(17)23/h5-9,11-12,16H,1,10,13H2,2-4H3. The van der Waals surface area contributed by atoms with E-state index in [0.29, 0.717) is 12.3 Å². The van der Waals surface area contributed by atoms with Crippen LogP contribution >= 0.6 is 35.0 Å². The SMILES string of the molecule is C=CCn1c(SCc2ccccc2Cl)nnc1C(C)Oc1cc(C)c(Cl)c(C)c1. The Hall–Kier alpha value is -1.95. The van der Waals surface area contributed by atoms with Gasteiger partial charge in [0.15, 0.2) is 17.1 Å². The normalized spacial score (nSPS) is 12.0. The highest BCUT2D eigenvalue weighted by Gasteiger charge is 2.20. The van der Waals surface area contributed by atoms with Gasteiger partial charge in [-0.15, -0.1) is 16.8 Å². The van der Waals surface area contributed by atoms with E-state index in [4.69, 9.17) is 27.9 Å². The molecule has 0 fully saturated rings. The maximum Gasteiger partial charge on any atom is 0.191 e. The van der Waals surface area contributed by atoms with E-state index in [2.05, 4.69) is 16.8 Å². The molecule has 0 aliphatic heterocycles. The molecule has 0 aliphatic rings. The van der Waals surface area contributed by atoms with Gasteiger partial charge in [0, 0.05) is 22.3 Å². The van der Waals surface area contributed by atoms with Crippen LogP contribution in [0.15, 0.2) is 54.2 Å². The zero-order chi connectivity index (χ0) is 21.0. The number of aromatic nitrogens is 3. The van der Waals surface area contributed by atoms with Gasteiger partial charge in [-0.1, -0.05) is 59.2 Å². The molecule has 0 saturated carbocycles. The highest BCUT2D eigenvalue weighted by molar-refractivity contribution is 7.98. The molecule has 1 heterocycles. The zero-order valence-electron chi connectivity index (χ0n) is 16.7. The van der Waals surface area contributed by atoms with Crippen LogP contribution in [0.1, 0.15) is 35.5 Å². The monoisotopic (exact) mass is 447 g/mol. The molecular weight excluding hydrogens is 425 g/mol. The smallest absolute Gasteiger partial charge is 0.191 e. The fourth-order valence-electron chi connectivity index (χ4n) is 3.00. The lowest BCUT2D eigenvalue weighted by atomic mass is 10.1. The average Bonchev–Trinajstić information content (AvgIpc) is 3.08. The maximum atomic E-state index is 6.27. The van der Waals surface area contributed by atoms with Gasteiger partial charge in [-0.2, -0.15) is 0 Å². The lowest BCUT2D eigenvalue weighted by molar-refractivity contribution is 0.210. The van der Waals surface area contributed by atoms with Gasteiger partial charge < -0.3 is 4.74 Å². The second-order valence-corrected chi connectivity index (χ2v) is 8.48. The predicted octanol–water partition coefficient (Wildman–Crippen LogP) is 6.82. The highest BCUT2D eigenvalue weighted by atomic mass is 35.5. The summed E-state index contributed by atoms with van der Waals surface area (Å²) in [6.45, 7) is 10.4. The van der Waals surface area contributed by atoms with Gasteiger partial charge in [0.05, 0.1) is 0 Å². The van der Waals surface area contributed by atoms with Crippen molar-refractivity contribution in [1.82, 2.24) is 14.8 Å². The Bertz CT molecular complexity index is 996. The number of rotatable bonds is 8. The van der Waals surface area contributed by atoms with Gasteiger partial charge in [-0.05, 0) is 55.7 Å². The van der Waals surface area contributed by atoms with Crippen molar-refractivity contribution in [1.29, 1.82) is 0 Å². The quantitative estimate of drug-likeness (QED) is 0.280. The highest BCUT2D eigenvalue weighted by Crippen LogP contribution is 2.31. The number of thioether (sulfide) groups is 1. The Kier molecular flexibility index (Phi) is 7.28. The van der Waals surface area contributed by atoms with Gasteiger partial charge in [-0.3, -0.25) is 4.57 Å². The van der Waals surface area contributed by atoms with E-state index in [1.807, 2.05) is 67.8 Å². The largest absolute Gasteiger partial charge is 0.483 e. The molecule has 3 aromatic rings. The minimum Gasteiger partial charge on any atom is -0.483 e. The summed E-state index contributed by atoms with van der Waals surface area (Å²) in [5.41, 5.74) is 3.03. The number of allylic oxidation sites excluding steroid dienone is 1. The summed E-state index contributed by atoms with van der Waals surface area (Å²) in [5, 5.41) is 11.1. The Morgan fingerprint density at radius 3 is 2.52 bits per heavy atom. The average molecular weight is 448 g/mol. The van der Waals surface area contributed by atoms with Crippen LogP contribution in [0, 0.1) is 13.8 Å². The van der Waals surface area contributed by atoms with E-state index in [9.17, 15) is 0 Å². The van der Waals surface area contributed by atoms with Crippen LogP contribution in [0.25, 0.3) is 0 Å². The summed E-state index contributed by atoms with van der Waals surface area (Å²) < 4.78 is 8.18. The molecule has 0 saturated heterocycles. The van der Waals surface area contributed by atoms with Crippen LogP contribution in [0.5, 0.6) is 5.75 Å². The second-order valence-electron chi connectivity index (χ2n) is 6.75. The van der Waals surface area contributed by atoms with Crippen molar-refractivity contribution in [3.63, 3.8) is 0 Å². The molecular formula is C22H23Cl2N3OS. The molecule has 0 aliphatic carbocycles. The second kappa shape index (κ2) is 9.70. The van der Waals surface area contributed by atoms with Crippen LogP contribution in [0.4, 0.5) is 0 Å². The molecule has 0 spiro atoms. The number of halogens is 2. The van der Waals surface area contributed by atoms with Crippen LogP contribution < -0.4 is 4.74 Å². The predicted molar refractivity (Wildman–Crippen MR) is 121 cm³/mol. The van der Waals surface area contributed by atoms with Crippen molar-refractivity contribution >= 4 is 35.0 Å². The molecule has 0 bridgehead atoms. The first-order valence-corrected chi connectivity index (χ1v) is 11.0. The van der Waals surface area contributed by atoms with Gasteiger partial charge in [0.1, 0.15) is 5.75 Å². The van der Waals surface area contributed by atoms with Gasteiger partial charge in [0.2, 0.25) is 0 Å². The molecule has 152 valence electrons. The summed E-state index contributed by atoms with van der Waals surface area (Å²) in [6, 6.07) is 11.7. The molecule has 1 unspecified atom stereocenters. The Labute approximate surface area is 185 Å². The molecule has 7 heteroatoms. The number of hydrogen-bond donors (Lipinski definition) is 0. The van der Waals surface area contributed by atoms with E-state index >= 15 is 0 Å². The summed E-state index contributed by atoms with van der Waals surface area (Å²) in [7, 11) is 0. The maximum absolute atomic E-state index is 6.27. The first-order chi connectivity index (χ1) is 13.9. The first kappa shape index (κ1) is 21.8. The van der Waals surface area contributed by atoms with E-state index in [1.54, 1.807) is 11.8 Å². The molecule has 1 atom stereocenters. The number of nitrogens with zero attached hydrogens (tertiary/aromatic N) is 3. The molecule has 2 aromatic carbocycles. The lowest BCUT2D eigenvalue weighted by Gasteiger charge is -2.17. The van der Waals surface area contributed by atoms with Crippen molar-refractivity contribution in [2.75, 3.05) is 0 Å². The van der Waals surface area contributed by atoms with Crippen LogP contribution in [-0.2, 0) is 12.3 Å². The number of aryl methyl sites for hydroxylation is 2. The number of hydrogen-bond acceptors (Lipinski definition) is 4. The Morgan fingerprint density at radius 2 is 1.86 bits per heavy atom. The summed E-state index contributed by atoms with van der Waals surface area (Å²) in [6.07, 6.45) is 1.55. The molecule has 4 nitrogen and oxygen atoms in total. The van der Waals surface area contributed by atoms with E-state index in [-0.39, 0.29) is 6.10 Å². The lowest BCUT2D eigenvalue weighted by Crippen LogP contribution is -2.12. The summed E-state index contributed by atoms with van der Waals surface area (Å²) in [4.78, 5) is 0. The summed E-state index contributed by atoms with van der Waals surface area (Å²) in [5.74, 6) is 2.21. The number of ether oxygens (including phenoxy) is 1. The fraction of sp³-hybridized carbons (Fsp3) is 0.273. The molecule has 0 radical (unpaired) electrons. The minimum atomic E-state index is -0.280. The van der Waals surface area contributed by atoms with Crippen molar-refractivity contribution in [3.8, 4) is 5.75 Å². The third-order valence-corrected chi connectivity index (χ3v) is 6.44. The Morgan fingerprint density at radius 1 is 1.17 bits per heavy atom. The molecule has 3 rings (SSSR count). The third-order valence-electron chi connectivity index (χ3n) is 4.46. The van der Waals surface area contributed by atoms with E-state index in [0.717, 1.165) is 43.5 Å². The van der Waals surface area contributed by atoms with Crippen LogP contribution in [0.3, 0.4) is 0 Å². The van der Waals surface area contributed by atoms with Gasteiger partial charge in [-0.25, -0.2) is 0 Å². The topological polar surface area (TPSA) is 39.9 Å². The zero-order valence-corrected chi connectivity index (χ0v) is 19.0. The summed E-state index contributed by atoms with van der Waals surface area (Å²) >= 11 is 14.1. The van der Waals surface area contributed by atoms with E-state index in [1.165, 1.54) is 0 Å². The minimum absolute atomic E-state index is 0.280. The van der Waals surface area contributed by atoms with Gasteiger partial charge >= 0.3 is 0 Å². The van der Waals surface area contributed by atoms with Crippen LogP contribution in [0.2, 0.25) is 10.0 Å². The van der Waals surface area contributed by atoms with Crippen molar-refractivity contribution in [3.05, 3.63) is 81.6 Å². The number of benzene rings is 2.